The number of benzene rings is 1. The molecule has 2 heterocycles. The van der Waals surface area contributed by atoms with Crippen molar-refractivity contribution in [2.24, 2.45) is 0 Å². The summed E-state index contributed by atoms with van der Waals surface area (Å²) < 4.78 is 8.69. The Bertz CT molecular complexity index is 640. The topological polar surface area (TPSA) is 34.4 Å². The van der Waals surface area contributed by atoms with E-state index in [1.54, 1.807) is 0 Å². The van der Waals surface area contributed by atoms with Gasteiger partial charge in [-0.05, 0) is 31.7 Å². The molecule has 1 aliphatic heterocycles. The Morgan fingerprint density at radius 3 is 2.81 bits per heavy atom. The largest absolute Gasteiger partial charge is 0.392 e. The predicted octanol–water partition coefficient (Wildman–Crippen LogP) is 3.63. The minimum atomic E-state index is 0.100. The number of fused-ring (bicyclic) bond motifs is 1. The maximum atomic E-state index is 9.53. The summed E-state index contributed by atoms with van der Waals surface area (Å²) in [5.41, 5.74) is 2.42. The van der Waals surface area contributed by atoms with Gasteiger partial charge in [0.05, 0.1) is 18.3 Å². The van der Waals surface area contributed by atoms with Crippen LogP contribution in [0.25, 0.3) is 10.9 Å². The molecule has 1 aromatic heterocycles. The van der Waals surface area contributed by atoms with E-state index in [9.17, 15) is 5.11 Å². The summed E-state index contributed by atoms with van der Waals surface area (Å²) in [6.45, 7) is 1.01. The standard InChI is InChI=1S/C18H23NO2/c20-13-14-11-19(17-6-2-1-5-16(14)17)12-15-7-10-18(21-15)8-3-4-9-18/h1-2,5-6,11,15,20H,3-4,7-10,12-13H2. The number of aromatic nitrogens is 1. The van der Waals surface area contributed by atoms with Crippen molar-refractivity contribution in [2.45, 2.75) is 63.4 Å². The van der Waals surface area contributed by atoms with E-state index in [4.69, 9.17) is 4.74 Å². The van der Waals surface area contributed by atoms with Crippen LogP contribution in [0.1, 0.15) is 44.1 Å². The van der Waals surface area contributed by atoms with Gasteiger partial charge in [0.1, 0.15) is 0 Å². The molecule has 112 valence electrons. The molecule has 1 atom stereocenters. The third-order valence-electron chi connectivity index (χ3n) is 5.30. The number of aliphatic hydroxyl groups is 1. The highest BCUT2D eigenvalue weighted by molar-refractivity contribution is 5.83. The van der Waals surface area contributed by atoms with Gasteiger partial charge in [-0.25, -0.2) is 0 Å². The van der Waals surface area contributed by atoms with E-state index in [1.165, 1.54) is 44.0 Å². The number of para-hydroxylation sites is 1. The minimum absolute atomic E-state index is 0.100. The van der Waals surface area contributed by atoms with E-state index in [0.29, 0.717) is 6.10 Å². The molecule has 2 fully saturated rings. The molecule has 3 heteroatoms. The van der Waals surface area contributed by atoms with Crippen LogP contribution in [0.15, 0.2) is 30.5 Å². The number of rotatable bonds is 3. The van der Waals surface area contributed by atoms with Gasteiger partial charge in [-0.1, -0.05) is 31.0 Å². The fraction of sp³-hybridized carbons (Fsp3) is 0.556. The fourth-order valence-electron chi connectivity index (χ4n) is 4.23. The minimum Gasteiger partial charge on any atom is -0.392 e. The molecule has 2 aromatic rings. The van der Waals surface area contributed by atoms with Gasteiger partial charge in [-0.15, -0.1) is 0 Å². The summed E-state index contributed by atoms with van der Waals surface area (Å²) in [6.07, 6.45) is 9.96. The molecule has 1 saturated heterocycles. The van der Waals surface area contributed by atoms with Gasteiger partial charge in [0.25, 0.3) is 0 Å². The first kappa shape index (κ1) is 13.4. The second kappa shape index (κ2) is 5.15. The summed E-state index contributed by atoms with van der Waals surface area (Å²) in [5.74, 6) is 0. The Hall–Kier alpha value is -1.32. The molecule has 3 nitrogen and oxygen atoms in total. The second-order valence-corrected chi connectivity index (χ2v) is 6.65. The zero-order chi connectivity index (χ0) is 14.3. The lowest BCUT2D eigenvalue weighted by Crippen LogP contribution is -2.26. The van der Waals surface area contributed by atoms with Crippen LogP contribution in [0, 0.1) is 0 Å². The molecule has 4 rings (SSSR count). The maximum Gasteiger partial charge on any atom is 0.0762 e. The van der Waals surface area contributed by atoms with Gasteiger partial charge in [0, 0.05) is 29.2 Å². The predicted molar refractivity (Wildman–Crippen MR) is 83.2 cm³/mol. The lowest BCUT2D eigenvalue weighted by Gasteiger charge is -2.24. The molecule has 2 aliphatic rings. The van der Waals surface area contributed by atoms with Crippen molar-refractivity contribution in [1.82, 2.24) is 4.57 Å². The number of aliphatic hydroxyl groups excluding tert-OH is 1. The smallest absolute Gasteiger partial charge is 0.0762 e. The van der Waals surface area contributed by atoms with Crippen LogP contribution >= 0.6 is 0 Å². The quantitative estimate of drug-likeness (QED) is 0.934. The van der Waals surface area contributed by atoms with Crippen molar-refractivity contribution in [3.05, 3.63) is 36.0 Å². The Labute approximate surface area is 125 Å². The first-order chi connectivity index (χ1) is 10.3. The molecule has 21 heavy (non-hydrogen) atoms. The van der Waals surface area contributed by atoms with Gasteiger partial charge in [0.15, 0.2) is 0 Å². The van der Waals surface area contributed by atoms with Crippen LogP contribution in [-0.2, 0) is 17.9 Å². The number of hydrogen-bond donors (Lipinski definition) is 1. The molecule has 1 aromatic carbocycles. The highest BCUT2D eigenvalue weighted by Gasteiger charge is 2.42. The summed E-state index contributed by atoms with van der Waals surface area (Å²) in [4.78, 5) is 0. The molecule has 1 unspecified atom stereocenters. The van der Waals surface area contributed by atoms with E-state index in [1.807, 2.05) is 6.07 Å². The van der Waals surface area contributed by atoms with Gasteiger partial charge in [-0.2, -0.15) is 0 Å². The van der Waals surface area contributed by atoms with Crippen LogP contribution in [0.3, 0.4) is 0 Å². The second-order valence-electron chi connectivity index (χ2n) is 6.65. The van der Waals surface area contributed by atoms with E-state index in [2.05, 4.69) is 29.0 Å². The van der Waals surface area contributed by atoms with E-state index < -0.39 is 0 Å². The van der Waals surface area contributed by atoms with Crippen LogP contribution in [0.2, 0.25) is 0 Å². The summed E-state index contributed by atoms with van der Waals surface area (Å²) in [7, 11) is 0. The molecule has 0 bridgehead atoms. The van der Waals surface area contributed by atoms with Crippen molar-refractivity contribution in [3.63, 3.8) is 0 Å². The molecular weight excluding hydrogens is 262 g/mol. The van der Waals surface area contributed by atoms with E-state index in [0.717, 1.165) is 17.5 Å². The van der Waals surface area contributed by atoms with Gasteiger partial charge >= 0.3 is 0 Å². The lowest BCUT2D eigenvalue weighted by molar-refractivity contribution is -0.0414. The zero-order valence-electron chi connectivity index (χ0n) is 12.4. The van der Waals surface area contributed by atoms with Gasteiger partial charge < -0.3 is 14.4 Å². The van der Waals surface area contributed by atoms with Crippen LogP contribution in [0.4, 0.5) is 0 Å². The normalized spacial score (nSPS) is 24.3. The van der Waals surface area contributed by atoms with Crippen LogP contribution < -0.4 is 0 Å². The fourth-order valence-corrected chi connectivity index (χ4v) is 4.23. The summed E-state index contributed by atoms with van der Waals surface area (Å²) >= 11 is 0. The van der Waals surface area contributed by atoms with Gasteiger partial charge in [0.2, 0.25) is 0 Å². The van der Waals surface area contributed by atoms with Crippen molar-refractivity contribution in [2.75, 3.05) is 0 Å². The molecular formula is C18H23NO2. The average Bonchev–Trinajstić information content (AvgIpc) is 3.21. The Morgan fingerprint density at radius 2 is 2.00 bits per heavy atom. The van der Waals surface area contributed by atoms with Crippen LogP contribution in [0.5, 0.6) is 0 Å². The highest BCUT2D eigenvalue weighted by Crippen LogP contribution is 2.43. The molecule has 1 aliphatic carbocycles. The number of nitrogens with zero attached hydrogens (tertiary/aromatic N) is 1. The third-order valence-corrected chi connectivity index (χ3v) is 5.30. The van der Waals surface area contributed by atoms with Crippen molar-refractivity contribution < 1.29 is 9.84 Å². The molecule has 1 N–H and O–H groups in total. The number of hydrogen-bond acceptors (Lipinski definition) is 2. The molecule has 0 amide bonds. The third kappa shape index (κ3) is 2.29. The zero-order valence-corrected chi connectivity index (χ0v) is 12.4. The first-order valence-electron chi connectivity index (χ1n) is 8.15. The summed E-state index contributed by atoms with van der Waals surface area (Å²) in [6, 6.07) is 8.32. The van der Waals surface area contributed by atoms with Crippen LogP contribution in [-0.4, -0.2) is 21.4 Å². The van der Waals surface area contributed by atoms with E-state index in [-0.39, 0.29) is 12.2 Å². The maximum absolute atomic E-state index is 9.53. The highest BCUT2D eigenvalue weighted by atomic mass is 16.5. The lowest BCUT2D eigenvalue weighted by atomic mass is 9.98. The Kier molecular flexibility index (Phi) is 3.27. The first-order valence-corrected chi connectivity index (χ1v) is 8.15. The van der Waals surface area contributed by atoms with Gasteiger partial charge in [-0.3, -0.25) is 0 Å². The van der Waals surface area contributed by atoms with E-state index >= 15 is 0 Å². The van der Waals surface area contributed by atoms with Crippen molar-refractivity contribution in [3.8, 4) is 0 Å². The molecule has 1 spiro atoms. The average molecular weight is 285 g/mol. The SMILES string of the molecule is OCc1cn(CC2CCC3(CCCC3)O2)c2ccccc12. The monoisotopic (exact) mass is 285 g/mol. The van der Waals surface area contributed by atoms with Crippen molar-refractivity contribution >= 4 is 10.9 Å². The number of ether oxygens (including phenoxy) is 1. The van der Waals surface area contributed by atoms with Crippen molar-refractivity contribution in [1.29, 1.82) is 0 Å². The Balaban J connectivity index is 1.58. The molecule has 1 saturated carbocycles. The Morgan fingerprint density at radius 1 is 1.19 bits per heavy atom. The summed E-state index contributed by atoms with van der Waals surface area (Å²) in [5, 5.41) is 10.7. The molecule has 0 radical (unpaired) electrons.